The molecule has 1 N–H and O–H groups in total. The number of rotatable bonds is 2. The molecule has 7 heteroatoms. The van der Waals surface area contributed by atoms with Crippen LogP contribution in [0, 0.1) is 20.8 Å². The van der Waals surface area contributed by atoms with Crippen molar-refractivity contribution in [2.24, 2.45) is 0 Å². The fraction of sp³-hybridized carbons (Fsp3) is 0.231. The van der Waals surface area contributed by atoms with Crippen LogP contribution < -0.4 is 5.32 Å². The minimum absolute atomic E-state index is 0.225. The number of nitrogens with one attached hydrogen (secondary N) is 1. The molecule has 3 rings (SSSR count). The predicted octanol–water partition coefficient (Wildman–Crippen LogP) is 2.36. The lowest BCUT2D eigenvalue weighted by Crippen LogP contribution is -2.15. The van der Waals surface area contributed by atoms with E-state index in [0.29, 0.717) is 16.5 Å². The summed E-state index contributed by atoms with van der Waals surface area (Å²) < 4.78 is 1.80. The largest absolute Gasteiger partial charge is 0.295 e. The predicted molar refractivity (Wildman–Crippen MR) is 77.3 cm³/mol. The normalized spacial score (nSPS) is 10.9. The number of carbonyl (C=O) groups is 1. The molecule has 0 unspecified atom stereocenters. The van der Waals surface area contributed by atoms with Crippen LogP contribution in [0.1, 0.15) is 26.8 Å². The fourth-order valence-corrected chi connectivity index (χ4v) is 2.68. The summed E-state index contributed by atoms with van der Waals surface area (Å²) in [5, 5.41) is 11.8. The van der Waals surface area contributed by atoms with Gasteiger partial charge >= 0.3 is 0 Å². The number of imidazole rings is 1. The van der Waals surface area contributed by atoms with Crippen molar-refractivity contribution in [3.63, 3.8) is 0 Å². The first-order valence-electron chi connectivity index (χ1n) is 6.12. The average Bonchev–Trinajstić information content (AvgIpc) is 2.93. The summed E-state index contributed by atoms with van der Waals surface area (Å²) in [5.74, 6) is -0.225. The molecule has 1 amide bonds. The standard InChI is InChI=1S/C13H13N5OS/c1-7-5-4-6-18-10(8(2)14-11(7)18)12(19)15-13-17-16-9(3)20-13/h4-6H,1-3H3,(H,15,17,19). The van der Waals surface area contributed by atoms with Crippen molar-refractivity contribution in [2.75, 3.05) is 5.32 Å². The molecular weight excluding hydrogens is 274 g/mol. The van der Waals surface area contributed by atoms with Gasteiger partial charge in [0.05, 0.1) is 5.69 Å². The highest BCUT2D eigenvalue weighted by atomic mass is 32.1. The zero-order valence-corrected chi connectivity index (χ0v) is 12.2. The molecule has 0 aliphatic carbocycles. The summed E-state index contributed by atoms with van der Waals surface area (Å²) in [6.07, 6.45) is 1.84. The Labute approximate surface area is 119 Å². The van der Waals surface area contributed by atoms with Gasteiger partial charge in [-0.3, -0.25) is 14.5 Å². The smallest absolute Gasteiger partial charge is 0.276 e. The number of fused-ring (bicyclic) bond motifs is 1. The maximum Gasteiger partial charge on any atom is 0.276 e. The molecule has 3 aromatic rings. The van der Waals surface area contributed by atoms with Crippen LogP contribution >= 0.6 is 11.3 Å². The van der Waals surface area contributed by atoms with Gasteiger partial charge in [-0.15, -0.1) is 10.2 Å². The molecule has 3 heterocycles. The molecule has 0 saturated heterocycles. The molecule has 0 radical (unpaired) electrons. The van der Waals surface area contributed by atoms with Crippen LogP contribution in [0.3, 0.4) is 0 Å². The van der Waals surface area contributed by atoms with Crippen LogP contribution in [-0.2, 0) is 0 Å². The third-order valence-corrected chi connectivity index (χ3v) is 3.74. The highest BCUT2D eigenvalue weighted by molar-refractivity contribution is 7.15. The molecule has 0 atom stereocenters. The van der Waals surface area contributed by atoms with Gasteiger partial charge in [0, 0.05) is 6.20 Å². The first-order chi connectivity index (χ1) is 9.56. The van der Waals surface area contributed by atoms with Gasteiger partial charge in [0.2, 0.25) is 5.13 Å². The fourth-order valence-electron chi connectivity index (χ4n) is 2.09. The molecule has 102 valence electrons. The van der Waals surface area contributed by atoms with Crippen LogP contribution in [-0.4, -0.2) is 25.5 Å². The van der Waals surface area contributed by atoms with E-state index in [-0.39, 0.29) is 5.91 Å². The summed E-state index contributed by atoms with van der Waals surface area (Å²) in [5.41, 5.74) is 3.04. The topological polar surface area (TPSA) is 72.2 Å². The number of pyridine rings is 1. The lowest BCUT2D eigenvalue weighted by Gasteiger charge is -2.03. The molecule has 0 aliphatic heterocycles. The molecule has 3 aromatic heterocycles. The number of hydrogen-bond acceptors (Lipinski definition) is 5. The Morgan fingerprint density at radius 2 is 2.10 bits per heavy atom. The second-order valence-electron chi connectivity index (χ2n) is 4.51. The van der Waals surface area contributed by atoms with E-state index < -0.39 is 0 Å². The van der Waals surface area contributed by atoms with Crippen molar-refractivity contribution in [1.82, 2.24) is 19.6 Å². The highest BCUT2D eigenvalue weighted by Gasteiger charge is 2.18. The van der Waals surface area contributed by atoms with Crippen molar-refractivity contribution in [2.45, 2.75) is 20.8 Å². The Morgan fingerprint density at radius 1 is 1.30 bits per heavy atom. The first kappa shape index (κ1) is 12.7. The SMILES string of the molecule is Cc1nnc(NC(=O)c2c(C)nc3c(C)cccn23)s1. The maximum absolute atomic E-state index is 12.4. The van der Waals surface area contributed by atoms with E-state index in [1.807, 2.05) is 39.1 Å². The van der Waals surface area contributed by atoms with Gasteiger partial charge in [0.1, 0.15) is 16.3 Å². The van der Waals surface area contributed by atoms with E-state index in [4.69, 9.17) is 0 Å². The summed E-state index contributed by atoms with van der Waals surface area (Å²) >= 11 is 1.34. The van der Waals surface area contributed by atoms with E-state index in [1.54, 1.807) is 4.40 Å². The van der Waals surface area contributed by atoms with Gasteiger partial charge in [0.15, 0.2) is 0 Å². The first-order valence-corrected chi connectivity index (χ1v) is 6.93. The minimum Gasteiger partial charge on any atom is -0.295 e. The van der Waals surface area contributed by atoms with Crippen molar-refractivity contribution < 1.29 is 4.79 Å². The monoisotopic (exact) mass is 287 g/mol. The molecule has 0 aliphatic rings. The maximum atomic E-state index is 12.4. The van der Waals surface area contributed by atoms with Gasteiger partial charge in [-0.1, -0.05) is 17.4 Å². The third-order valence-electron chi connectivity index (χ3n) is 2.98. The number of hydrogen-bond donors (Lipinski definition) is 1. The van der Waals surface area contributed by atoms with E-state index >= 15 is 0 Å². The number of amides is 1. The quantitative estimate of drug-likeness (QED) is 0.785. The third kappa shape index (κ3) is 2.05. The Kier molecular flexibility index (Phi) is 2.98. The van der Waals surface area contributed by atoms with Gasteiger partial charge < -0.3 is 0 Å². The van der Waals surface area contributed by atoms with Crippen molar-refractivity contribution in [3.05, 3.63) is 40.3 Å². The second kappa shape index (κ2) is 4.68. The molecule has 0 aromatic carbocycles. The second-order valence-corrected chi connectivity index (χ2v) is 5.69. The lowest BCUT2D eigenvalue weighted by atomic mass is 10.3. The Morgan fingerprint density at radius 3 is 2.80 bits per heavy atom. The van der Waals surface area contributed by atoms with E-state index in [1.165, 1.54) is 11.3 Å². The molecule has 0 spiro atoms. The van der Waals surface area contributed by atoms with Gasteiger partial charge in [-0.2, -0.15) is 0 Å². The zero-order chi connectivity index (χ0) is 14.3. The van der Waals surface area contributed by atoms with Crippen molar-refractivity contribution in [3.8, 4) is 0 Å². The van der Waals surface area contributed by atoms with Gasteiger partial charge in [0.25, 0.3) is 5.91 Å². The number of nitrogens with zero attached hydrogens (tertiary/aromatic N) is 4. The minimum atomic E-state index is -0.225. The summed E-state index contributed by atoms with van der Waals surface area (Å²) in [6, 6.07) is 3.87. The Hall–Kier alpha value is -2.28. The number of carbonyl (C=O) groups excluding carboxylic acids is 1. The Balaban J connectivity index is 2.03. The van der Waals surface area contributed by atoms with Gasteiger partial charge in [-0.25, -0.2) is 4.98 Å². The zero-order valence-electron chi connectivity index (χ0n) is 11.3. The van der Waals surface area contributed by atoms with E-state index in [2.05, 4.69) is 20.5 Å². The Bertz CT molecular complexity index is 804. The number of aryl methyl sites for hydroxylation is 3. The van der Waals surface area contributed by atoms with Crippen molar-refractivity contribution in [1.29, 1.82) is 0 Å². The van der Waals surface area contributed by atoms with Crippen LogP contribution in [0.5, 0.6) is 0 Å². The van der Waals surface area contributed by atoms with Crippen LogP contribution in [0.2, 0.25) is 0 Å². The van der Waals surface area contributed by atoms with Crippen molar-refractivity contribution >= 4 is 28.0 Å². The van der Waals surface area contributed by atoms with Crippen LogP contribution in [0.25, 0.3) is 5.65 Å². The summed E-state index contributed by atoms with van der Waals surface area (Å²) in [6.45, 7) is 5.64. The average molecular weight is 287 g/mol. The lowest BCUT2D eigenvalue weighted by molar-refractivity contribution is 0.102. The number of aromatic nitrogens is 4. The molecule has 0 saturated carbocycles. The molecule has 6 nitrogen and oxygen atoms in total. The summed E-state index contributed by atoms with van der Waals surface area (Å²) in [7, 11) is 0. The van der Waals surface area contributed by atoms with Crippen LogP contribution in [0.15, 0.2) is 18.3 Å². The van der Waals surface area contributed by atoms with E-state index in [0.717, 1.165) is 16.2 Å². The van der Waals surface area contributed by atoms with E-state index in [9.17, 15) is 4.79 Å². The summed E-state index contributed by atoms with van der Waals surface area (Å²) in [4.78, 5) is 16.8. The van der Waals surface area contributed by atoms with Crippen LogP contribution in [0.4, 0.5) is 5.13 Å². The number of anilines is 1. The highest BCUT2D eigenvalue weighted by Crippen LogP contribution is 2.18. The molecule has 0 fully saturated rings. The van der Waals surface area contributed by atoms with Gasteiger partial charge in [-0.05, 0) is 32.4 Å². The molecule has 20 heavy (non-hydrogen) atoms. The molecular formula is C13H13N5OS. The molecule has 0 bridgehead atoms.